The molecule has 2 aromatic rings. The Labute approximate surface area is 174 Å². The smallest absolute Gasteiger partial charge is 0.163 e. The summed E-state index contributed by atoms with van der Waals surface area (Å²) in [5.74, 6) is 1.43. The first-order valence-electron chi connectivity index (χ1n) is 10.5. The predicted molar refractivity (Wildman–Crippen MR) is 114 cm³/mol. The Bertz CT molecular complexity index is 903. The molecule has 1 saturated heterocycles. The van der Waals surface area contributed by atoms with Crippen LogP contribution < -0.4 is 9.47 Å². The van der Waals surface area contributed by atoms with E-state index in [4.69, 9.17) is 18.9 Å². The van der Waals surface area contributed by atoms with Gasteiger partial charge in [0.1, 0.15) is 29.8 Å². The van der Waals surface area contributed by atoms with Gasteiger partial charge < -0.3 is 18.9 Å². The molecular formula is C25H32O4. The second-order valence-corrected chi connectivity index (χ2v) is 9.02. The first-order chi connectivity index (χ1) is 13.7. The Kier molecular flexibility index (Phi) is 5.12. The lowest BCUT2D eigenvalue weighted by atomic mass is 9.84. The molecule has 0 aliphatic carbocycles. The summed E-state index contributed by atoms with van der Waals surface area (Å²) in [5.41, 5.74) is 5.52. The SMILES string of the molecule is Cc1c(C)c2c(c(C)c1OCc1ccccc1)CC[C@@](C)([C@H]1COC(C)(C)O1)O2. The minimum Gasteiger partial charge on any atom is -0.488 e. The van der Waals surface area contributed by atoms with Gasteiger partial charge in [-0.1, -0.05) is 30.3 Å². The average Bonchev–Trinajstić information content (AvgIpc) is 3.07. The van der Waals surface area contributed by atoms with Crippen LogP contribution in [0.25, 0.3) is 0 Å². The molecule has 2 aromatic carbocycles. The van der Waals surface area contributed by atoms with Crippen molar-refractivity contribution >= 4 is 0 Å². The van der Waals surface area contributed by atoms with Gasteiger partial charge in [0.2, 0.25) is 0 Å². The van der Waals surface area contributed by atoms with Gasteiger partial charge in [-0.3, -0.25) is 0 Å². The molecule has 4 rings (SSSR count). The van der Waals surface area contributed by atoms with Crippen molar-refractivity contribution in [3.8, 4) is 11.5 Å². The first kappa shape index (κ1) is 20.2. The molecule has 0 aromatic heterocycles. The number of fused-ring (bicyclic) bond motifs is 1. The van der Waals surface area contributed by atoms with E-state index >= 15 is 0 Å². The van der Waals surface area contributed by atoms with E-state index < -0.39 is 11.4 Å². The van der Waals surface area contributed by atoms with E-state index in [0.29, 0.717) is 13.2 Å². The molecule has 2 aliphatic heterocycles. The number of hydrogen-bond donors (Lipinski definition) is 0. The van der Waals surface area contributed by atoms with E-state index in [1.54, 1.807) is 0 Å². The molecule has 4 nitrogen and oxygen atoms in total. The van der Waals surface area contributed by atoms with Gasteiger partial charge in [0.15, 0.2) is 5.79 Å². The lowest BCUT2D eigenvalue weighted by Crippen LogP contribution is -2.49. The van der Waals surface area contributed by atoms with Crippen molar-refractivity contribution < 1.29 is 18.9 Å². The second kappa shape index (κ2) is 7.33. The average molecular weight is 397 g/mol. The van der Waals surface area contributed by atoms with Crippen molar-refractivity contribution in [1.82, 2.24) is 0 Å². The number of hydrogen-bond acceptors (Lipinski definition) is 4. The molecule has 0 N–H and O–H groups in total. The Balaban J connectivity index is 1.61. The molecule has 4 heteroatoms. The monoisotopic (exact) mass is 396 g/mol. The van der Waals surface area contributed by atoms with Crippen LogP contribution >= 0.6 is 0 Å². The fourth-order valence-electron chi connectivity index (χ4n) is 4.41. The normalized spacial score (nSPS) is 25.4. The van der Waals surface area contributed by atoms with Crippen molar-refractivity contribution in [2.45, 2.75) is 78.5 Å². The van der Waals surface area contributed by atoms with Gasteiger partial charge in [-0.15, -0.1) is 0 Å². The minimum atomic E-state index is -0.548. The van der Waals surface area contributed by atoms with Gasteiger partial charge in [-0.2, -0.15) is 0 Å². The maximum absolute atomic E-state index is 6.65. The number of ether oxygens (including phenoxy) is 4. The summed E-state index contributed by atoms with van der Waals surface area (Å²) in [6.07, 6.45) is 1.77. The quantitative estimate of drug-likeness (QED) is 0.691. The molecule has 156 valence electrons. The predicted octanol–water partition coefficient (Wildman–Crippen LogP) is 5.43. The first-order valence-corrected chi connectivity index (χ1v) is 10.5. The van der Waals surface area contributed by atoms with E-state index in [2.05, 4.69) is 39.8 Å². The van der Waals surface area contributed by atoms with Gasteiger partial charge in [-0.25, -0.2) is 0 Å². The van der Waals surface area contributed by atoms with E-state index in [9.17, 15) is 0 Å². The molecule has 0 bridgehead atoms. The van der Waals surface area contributed by atoms with Gasteiger partial charge in [0, 0.05) is 5.56 Å². The molecule has 0 saturated carbocycles. The van der Waals surface area contributed by atoms with Crippen molar-refractivity contribution in [3.05, 3.63) is 58.1 Å². The van der Waals surface area contributed by atoms with Crippen LogP contribution in [-0.4, -0.2) is 24.1 Å². The minimum absolute atomic E-state index is 0.0698. The maximum Gasteiger partial charge on any atom is 0.163 e. The molecule has 29 heavy (non-hydrogen) atoms. The van der Waals surface area contributed by atoms with Crippen molar-refractivity contribution in [3.63, 3.8) is 0 Å². The van der Waals surface area contributed by atoms with E-state index in [1.165, 1.54) is 16.7 Å². The van der Waals surface area contributed by atoms with E-state index in [1.807, 2.05) is 32.0 Å². The van der Waals surface area contributed by atoms with Crippen LogP contribution in [0, 0.1) is 20.8 Å². The zero-order valence-electron chi connectivity index (χ0n) is 18.4. The molecule has 0 amide bonds. The van der Waals surface area contributed by atoms with E-state index in [-0.39, 0.29) is 6.10 Å². The lowest BCUT2D eigenvalue weighted by Gasteiger charge is -2.41. The van der Waals surface area contributed by atoms with Crippen LogP contribution in [0.3, 0.4) is 0 Å². The van der Waals surface area contributed by atoms with Crippen molar-refractivity contribution in [2.24, 2.45) is 0 Å². The van der Waals surface area contributed by atoms with Crippen LogP contribution in [0.4, 0.5) is 0 Å². The highest BCUT2D eigenvalue weighted by Crippen LogP contribution is 2.46. The lowest BCUT2D eigenvalue weighted by molar-refractivity contribution is -0.164. The standard InChI is InChI=1S/C25H32O4/c1-16-17(2)23-20(18(3)22(16)26-14-19-10-8-7-9-11-19)12-13-25(6,29-23)21-15-27-24(4,5)28-21/h7-11,21H,12-15H2,1-6H3/t21-,25+/m1/s1. The molecule has 0 unspecified atom stereocenters. The Hall–Kier alpha value is -2.04. The number of rotatable bonds is 4. The highest BCUT2D eigenvalue weighted by molar-refractivity contribution is 5.59. The summed E-state index contributed by atoms with van der Waals surface area (Å²) in [4.78, 5) is 0. The molecule has 2 heterocycles. The second-order valence-electron chi connectivity index (χ2n) is 9.02. The third kappa shape index (κ3) is 3.76. The van der Waals surface area contributed by atoms with Crippen LogP contribution in [-0.2, 0) is 22.5 Å². The number of benzene rings is 2. The highest BCUT2D eigenvalue weighted by atomic mass is 16.8. The van der Waals surface area contributed by atoms with Crippen LogP contribution in [0.2, 0.25) is 0 Å². The summed E-state index contributed by atoms with van der Waals surface area (Å²) < 4.78 is 24.9. The van der Waals surface area contributed by atoms with Crippen LogP contribution in [0.5, 0.6) is 11.5 Å². The zero-order chi connectivity index (χ0) is 20.8. The maximum atomic E-state index is 6.65. The Morgan fingerprint density at radius 1 is 1.00 bits per heavy atom. The van der Waals surface area contributed by atoms with Gasteiger partial charge in [0.25, 0.3) is 0 Å². The fraction of sp³-hybridized carbons (Fsp3) is 0.520. The topological polar surface area (TPSA) is 36.9 Å². The van der Waals surface area contributed by atoms with Gasteiger partial charge in [0.05, 0.1) is 6.61 Å². The summed E-state index contributed by atoms with van der Waals surface area (Å²) >= 11 is 0. The van der Waals surface area contributed by atoms with Gasteiger partial charge in [-0.05, 0) is 76.6 Å². The third-order valence-electron chi connectivity index (χ3n) is 6.43. The fourth-order valence-corrected chi connectivity index (χ4v) is 4.41. The Morgan fingerprint density at radius 3 is 2.38 bits per heavy atom. The zero-order valence-corrected chi connectivity index (χ0v) is 18.4. The van der Waals surface area contributed by atoms with Crippen LogP contribution in [0.1, 0.15) is 55.0 Å². The summed E-state index contributed by atoms with van der Waals surface area (Å²) in [5, 5.41) is 0. The Morgan fingerprint density at radius 2 is 1.72 bits per heavy atom. The van der Waals surface area contributed by atoms with Crippen molar-refractivity contribution in [1.29, 1.82) is 0 Å². The summed E-state index contributed by atoms with van der Waals surface area (Å²) in [6, 6.07) is 10.3. The molecule has 0 spiro atoms. The largest absolute Gasteiger partial charge is 0.488 e. The van der Waals surface area contributed by atoms with E-state index in [0.717, 1.165) is 35.5 Å². The summed E-state index contributed by atoms with van der Waals surface area (Å²) in [7, 11) is 0. The molecular weight excluding hydrogens is 364 g/mol. The molecule has 1 fully saturated rings. The molecule has 0 radical (unpaired) electrons. The third-order valence-corrected chi connectivity index (χ3v) is 6.43. The summed E-state index contributed by atoms with van der Waals surface area (Å²) in [6.45, 7) is 13.6. The van der Waals surface area contributed by atoms with Crippen LogP contribution in [0.15, 0.2) is 30.3 Å². The molecule has 2 aliphatic rings. The van der Waals surface area contributed by atoms with Crippen molar-refractivity contribution in [2.75, 3.05) is 6.61 Å². The van der Waals surface area contributed by atoms with Gasteiger partial charge >= 0.3 is 0 Å². The molecule has 2 atom stereocenters. The highest BCUT2D eigenvalue weighted by Gasteiger charge is 2.48.